The Hall–Kier alpha value is -1.63. The summed E-state index contributed by atoms with van der Waals surface area (Å²) >= 11 is 2.23. The lowest BCUT2D eigenvalue weighted by Gasteiger charge is -2.11. The number of aromatic carboxylic acids is 1. The van der Waals surface area contributed by atoms with Crippen molar-refractivity contribution in [2.45, 2.75) is 19.8 Å². The zero-order valence-electron chi connectivity index (χ0n) is 11.2. The molecule has 1 aromatic heterocycles. The van der Waals surface area contributed by atoms with Gasteiger partial charge in [-0.05, 0) is 64.9 Å². The second-order valence-electron chi connectivity index (χ2n) is 4.76. The minimum absolute atomic E-state index is 0.173. The van der Waals surface area contributed by atoms with E-state index in [9.17, 15) is 4.79 Å². The van der Waals surface area contributed by atoms with Crippen LogP contribution in [0.1, 0.15) is 35.8 Å². The second-order valence-corrected chi connectivity index (χ2v) is 6.00. The molecule has 0 bridgehead atoms. The summed E-state index contributed by atoms with van der Waals surface area (Å²) in [5.74, 6) is -0.221. The van der Waals surface area contributed by atoms with E-state index in [1.165, 1.54) is 0 Å². The van der Waals surface area contributed by atoms with Crippen molar-refractivity contribution in [3.8, 4) is 0 Å². The number of benzene rings is 1. The molecule has 2 rings (SSSR count). The van der Waals surface area contributed by atoms with Gasteiger partial charge < -0.3 is 10.4 Å². The standard InChI is InChI=1S/C15H15IN2O2/c1-9(2)13-7-10(15(19)20)8-14(18-13)17-12-5-3-11(16)4-6-12/h3-9H,1-2H3,(H,17,18)(H,19,20). The molecule has 2 N–H and O–H groups in total. The second kappa shape index (κ2) is 6.21. The van der Waals surface area contributed by atoms with Crippen molar-refractivity contribution in [2.24, 2.45) is 0 Å². The molecule has 104 valence electrons. The lowest BCUT2D eigenvalue weighted by molar-refractivity contribution is 0.0696. The minimum Gasteiger partial charge on any atom is -0.478 e. The quantitative estimate of drug-likeness (QED) is 0.777. The zero-order valence-corrected chi connectivity index (χ0v) is 13.4. The normalized spacial score (nSPS) is 10.6. The fraction of sp³-hybridized carbons (Fsp3) is 0.200. The molecule has 20 heavy (non-hydrogen) atoms. The van der Waals surface area contributed by atoms with Crippen LogP contribution in [0.3, 0.4) is 0 Å². The first kappa shape index (κ1) is 14.8. The number of aromatic nitrogens is 1. The van der Waals surface area contributed by atoms with Crippen LogP contribution in [0.4, 0.5) is 11.5 Å². The van der Waals surface area contributed by atoms with Gasteiger partial charge in [0.2, 0.25) is 0 Å². The molecule has 0 radical (unpaired) electrons. The Balaban J connectivity index is 2.35. The number of nitrogens with zero attached hydrogens (tertiary/aromatic N) is 1. The van der Waals surface area contributed by atoms with E-state index in [0.717, 1.165) is 15.0 Å². The fourth-order valence-electron chi connectivity index (χ4n) is 1.72. The highest BCUT2D eigenvalue weighted by Crippen LogP contribution is 2.21. The van der Waals surface area contributed by atoms with Gasteiger partial charge in [0, 0.05) is 15.0 Å². The molecular formula is C15H15IN2O2. The molecule has 0 spiro atoms. The van der Waals surface area contributed by atoms with Gasteiger partial charge >= 0.3 is 5.97 Å². The Kier molecular flexibility index (Phi) is 4.59. The first-order chi connectivity index (χ1) is 9.45. The number of carboxylic acids is 1. The van der Waals surface area contributed by atoms with E-state index in [0.29, 0.717) is 5.82 Å². The average molecular weight is 382 g/mol. The van der Waals surface area contributed by atoms with E-state index in [1.807, 2.05) is 38.1 Å². The van der Waals surface area contributed by atoms with Crippen molar-refractivity contribution in [1.29, 1.82) is 0 Å². The van der Waals surface area contributed by atoms with Gasteiger partial charge in [-0.1, -0.05) is 13.8 Å². The van der Waals surface area contributed by atoms with Crippen LogP contribution in [0.25, 0.3) is 0 Å². The molecule has 0 aliphatic heterocycles. The lowest BCUT2D eigenvalue weighted by Crippen LogP contribution is -2.04. The third-order valence-electron chi connectivity index (χ3n) is 2.80. The van der Waals surface area contributed by atoms with Crippen molar-refractivity contribution in [1.82, 2.24) is 4.98 Å². The highest BCUT2D eigenvalue weighted by atomic mass is 127. The van der Waals surface area contributed by atoms with Crippen LogP contribution >= 0.6 is 22.6 Å². The summed E-state index contributed by atoms with van der Waals surface area (Å²) in [7, 11) is 0. The third-order valence-corrected chi connectivity index (χ3v) is 3.52. The van der Waals surface area contributed by atoms with E-state index in [4.69, 9.17) is 5.11 Å². The van der Waals surface area contributed by atoms with E-state index in [-0.39, 0.29) is 11.5 Å². The maximum atomic E-state index is 11.2. The number of carboxylic acid groups (broad SMARTS) is 1. The Bertz CT molecular complexity index is 624. The number of hydrogen-bond acceptors (Lipinski definition) is 3. The number of carbonyl (C=O) groups is 1. The van der Waals surface area contributed by atoms with E-state index in [1.54, 1.807) is 12.1 Å². The highest BCUT2D eigenvalue weighted by Gasteiger charge is 2.11. The van der Waals surface area contributed by atoms with E-state index >= 15 is 0 Å². The summed E-state index contributed by atoms with van der Waals surface area (Å²) in [6.45, 7) is 3.98. The SMILES string of the molecule is CC(C)c1cc(C(=O)O)cc(Nc2ccc(I)cc2)n1. The number of halogens is 1. The summed E-state index contributed by atoms with van der Waals surface area (Å²) in [5.41, 5.74) is 1.89. The van der Waals surface area contributed by atoms with Gasteiger partial charge in [-0.3, -0.25) is 0 Å². The Morgan fingerprint density at radius 1 is 1.25 bits per heavy atom. The number of rotatable bonds is 4. The summed E-state index contributed by atoms with van der Waals surface area (Å²) in [4.78, 5) is 15.6. The van der Waals surface area contributed by atoms with Gasteiger partial charge in [0.1, 0.15) is 5.82 Å². The predicted octanol–water partition coefficient (Wildman–Crippen LogP) is 4.25. The summed E-state index contributed by atoms with van der Waals surface area (Å²) < 4.78 is 1.14. The van der Waals surface area contributed by atoms with Crippen molar-refractivity contribution < 1.29 is 9.90 Å². The molecule has 5 heteroatoms. The maximum Gasteiger partial charge on any atom is 0.335 e. The topological polar surface area (TPSA) is 62.2 Å². The molecule has 4 nitrogen and oxygen atoms in total. The molecule has 0 aliphatic rings. The van der Waals surface area contributed by atoms with Gasteiger partial charge in [-0.2, -0.15) is 0 Å². The van der Waals surface area contributed by atoms with Crippen molar-refractivity contribution in [3.05, 3.63) is 51.2 Å². The van der Waals surface area contributed by atoms with Crippen LogP contribution in [-0.4, -0.2) is 16.1 Å². The molecule has 2 aromatic rings. The van der Waals surface area contributed by atoms with Crippen molar-refractivity contribution in [2.75, 3.05) is 5.32 Å². The van der Waals surface area contributed by atoms with Gasteiger partial charge in [0.05, 0.1) is 5.56 Å². The molecular weight excluding hydrogens is 367 g/mol. The summed E-state index contributed by atoms with van der Waals surface area (Å²) in [6.07, 6.45) is 0. The number of pyridine rings is 1. The third kappa shape index (κ3) is 3.69. The molecule has 0 saturated carbocycles. The van der Waals surface area contributed by atoms with Gasteiger partial charge in [0.25, 0.3) is 0 Å². The smallest absolute Gasteiger partial charge is 0.335 e. The monoisotopic (exact) mass is 382 g/mol. The lowest BCUT2D eigenvalue weighted by atomic mass is 10.1. The molecule has 0 atom stereocenters. The predicted molar refractivity (Wildman–Crippen MR) is 87.7 cm³/mol. The minimum atomic E-state index is -0.944. The molecule has 0 fully saturated rings. The molecule has 0 aliphatic carbocycles. The van der Waals surface area contributed by atoms with Crippen LogP contribution in [-0.2, 0) is 0 Å². The largest absolute Gasteiger partial charge is 0.478 e. The zero-order chi connectivity index (χ0) is 14.7. The molecule has 0 saturated heterocycles. The van der Waals surface area contributed by atoms with Gasteiger partial charge in [-0.25, -0.2) is 9.78 Å². The number of nitrogens with one attached hydrogen (secondary N) is 1. The molecule has 1 heterocycles. The Labute approximate surface area is 131 Å². The average Bonchev–Trinajstić information content (AvgIpc) is 2.41. The summed E-state index contributed by atoms with van der Waals surface area (Å²) in [6, 6.07) is 11.0. The highest BCUT2D eigenvalue weighted by molar-refractivity contribution is 14.1. The molecule has 1 aromatic carbocycles. The Morgan fingerprint density at radius 3 is 2.45 bits per heavy atom. The fourth-order valence-corrected chi connectivity index (χ4v) is 2.08. The van der Waals surface area contributed by atoms with E-state index in [2.05, 4.69) is 32.9 Å². The molecule has 0 unspecified atom stereocenters. The summed E-state index contributed by atoms with van der Waals surface area (Å²) in [5, 5.41) is 12.3. The molecule has 0 amide bonds. The van der Waals surface area contributed by atoms with Crippen LogP contribution in [0.2, 0.25) is 0 Å². The van der Waals surface area contributed by atoms with Crippen molar-refractivity contribution in [3.63, 3.8) is 0 Å². The van der Waals surface area contributed by atoms with Gasteiger partial charge in [-0.15, -0.1) is 0 Å². The van der Waals surface area contributed by atoms with Gasteiger partial charge in [0.15, 0.2) is 0 Å². The first-order valence-electron chi connectivity index (χ1n) is 6.23. The van der Waals surface area contributed by atoms with Crippen LogP contribution < -0.4 is 5.32 Å². The first-order valence-corrected chi connectivity index (χ1v) is 7.31. The van der Waals surface area contributed by atoms with Crippen LogP contribution in [0, 0.1) is 3.57 Å². The maximum absolute atomic E-state index is 11.2. The Morgan fingerprint density at radius 2 is 1.90 bits per heavy atom. The van der Waals surface area contributed by atoms with E-state index < -0.39 is 5.97 Å². The van der Waals surface area contributed by atoms with Crippen molar-refractivity contribution >= 4 is 40.1 Å². The number of hydrogen-bond donors (Lipinski definition) is 2. The number of anilines is 2. The van der Waals surface area contributed by atoms with Crippen LogP contribution in [0.15, 0.2) is 36.4 Å². The van der Waals surface area contributed by atoms with Crippen LogP contribution in [0.5, 0.6) is 0 Å².